The minimum Gasteiger partial charge on any atom is -0.455 e. The summed E-state index contributed by atoms with van der Waals surface area (Å²) in [6, 6.07) is 12.9. The summed E-state index contributed by atoms with van der Waals surface area (Å²) < 4.78 is 31.3. The SMILES string of the molecule is Cc1cccc(C)c1NC(=O)COC(=O)CNS(=O)(=O)c1ccccc1C#N. The van der Waals surface area contributed by atoms with Crippen molar-refractivity contribution in [3.05, 3.63) is 59.2 Å². The zero-order chi connectivity index (χ0) is 20.7. The largest absolute Gasteiger partial charge is 0.455 e. The van der Waals surface area contributed by atoms with Gasteiger partial charge in [0.05, 0.1) is 10.5 Å². The minimum atomic E-state index is -4.07. The molecule has 0 heterocycles. The van der Waals surface area contributed by atoms with Crippen LogP contribution in [0, 0.1) is 25.2 Å². The molecule has 2 rings (SSSR count). The Morgan fingerprint density at radius 3 is 2.36 bits per heavy atom. The molecular formula is C19H19N3O5S. The number of carbonyl (C=O) groups excluding carboxylic acids is 2. The van der Waals surface area contributed by atoms with Crippen LogP contribution in [0.4, 0.5) is 5.69 Å². The number of ether oxygens (including phenoxy) is 1. The van der Waals surface area contributed by atoms with Crippen LogP contribution in [0.25, 0.3) is 0 Å². The number of nitriles is 1. The molecule has 0 saturated carbocycles. The molecule has 2 aromatic rings. The van der Waals surface area contributed by atoms with Crippen molar-refractivity contribution in [1.82, 2.24) is 4.72 Å². The molecule has 1 amide bonds. The molecule has 0 aliphatic rings. The van der Waals surface area contributed by atoms with Gasteiger partial charge in [-0.2, -0.15) is 9.98 Å². The molecule has 0 atom stereocenters. The van der Waals surface area contributed by atoms with E-state index in [-0.39, 0.29) is 10.5 Å². The number of nitrogens with one attached hydrogen (secondary N) is 2. The fourth-order valence-electron chi connectivity index (χ4n) is 2.41. The smallest absolute Gasteiger partial charge is 0.321 e. The van der Waals surface area contributed by atoms with Crippen LogP contribution in [0.1, 0.15) is 16.7 Å². The fraction of sp³-hybridized carbons (Fsp3) is 0.211. The first-order chi connectivity index (χ1) is 13.2. The van der Waals surface area contributed by atoms with Gasteiger partial charge >= 0.3 is 5.97 Å². The van der Waals surface area contributed by atoms with Gasteiger partial charge in [-0.15, -0.1) is 0 Å². The van der Waals surface area contributed by atoms with E-state index in [2.05, 4.69) is 10.0 Å². The number of benzene rings is 2. The second-order valence-corrected chi connectivity index (χ2v) is 7.64. The summed E-state index contributed by atoms with van der Waals surface area (Å²) in [7, 11) is -4.07. The minimum absolute atomic E-state index is 0.0451. The molecule has 28 heavy (non-hydrogen) atoms. The van der Waals surface area contributed by atoms with Crippen LogP contribution in [0.2, 0.25) is 0 Å². The zero-order valence-electron chi connectivity index (χ0n) is 15.4. The number of hydrogen-bond donors (Lipinski definition) is 2. The van der Waals surface area contributed by atoms with Gasteiger partial charge in [-0.25, -0.2) is 8.42 Å². The van der Waals surface area contributed by atoms with E-state index in [0.717, 1.165) is 11.1 Å². The van der Waals surface area contributed by atoms with Gasteiger partial charge in [0, 0.05) is 5.69 Å². The van der Waals surface area contributed by atoms with E-state index in [1.807, 2.05) is 32.0 Å². The lowest BCUT2D eigenvalue weighted by Crippen LogP contribution is -2.32. The van der Waals surface area contributed by atoms with Gasteiger partial charge in [-0.1, -0.05) is 30.3 Å². The molecule has 8 nitrogen and oxygen atoms in total. The predicted octanol–water partition coefficient (Wildman–Crippen LogP) is 1.64. The Morgan fingerprint density at radius 2 is 1.71 bits per heavy atom. The summed E-state index contributed by atoms with van der Waals surface area (Å²) in [5.41, 5.74) is 2.32. The van der Waals surface area contributed by atoms with E-state index in [0.29, 0.717) is 5.69 Å². The molecular weight excluding hydrogens is 382 g/mol. The maximum atomic E-state index is 12.2. The van der Waals surface area contributed by atoms with Gasteiger partial charge in [0.1, 0.15) is 12.6 Å². The van der Waals surface area contributed by atoms with Crippen LogP contribution in [0.5, 0.6) is 0 Å². The van der Waals surface area contributed by atoms with Crippen LogP contribution in [0.15, 0.2) is 47.4 Å². The second-order valence-electron chi connectivity index (χ2n) is 5.91. The monoisotopic (exact) mass is 401 g/mol. The summed E-state index contributed by atoms with van der Waals surface area (Å²) in [5.74, 6) is -1.46. The summed E-state index contributed by atoms with van der Waals surface area (Å²) in [5, 5.41) is 11.6. The van der Waals surface area contributed by atoms with E-state index in [4.69, 9.17) is 10.00 Å². The van der Waals surface area contributed by atoms with Crippen molar-refractivity contribution in [3.63, 3.8) is 0 Å². The van der Waals surface area contributed by atoms with Crippen LogP contribution < -0.4 is 10.0 Å². The topological polar surface area (TPSA) is 125 Å². The van der Waals surface area contributed by atoms with Gasteiger partial charge < -0.3 is 10.1 Å². The average molecular weight is 401 g/mol. The second kappa shape index (κ2) is 9.12. The molecule has 0 aliphatic heterocycles. The third-order valence-corrected chi connectivity index (χ3v) is 5.27. The van der Waals surface area contributed by atoms with Crippen LogP contribution in [-0.4, -0.2) is 33.4 Å². The van der Waals surface area contributed by atoms with Crippen LogP contribution in [-0.2, 0) is 24.3 Å². The van der Waals surface area contributed by atoms with Gasteiger partial charge in [0.25, 0.3) is 5.91 Å². The standard InChI is InChI=1S/C19H19N3O5S/c1-13-6-5-7-14(2)19(13)22-17(23)12-27-18(24)11-21-28(25,26)16-9-4-3-8-15(16)10-20/h3-9,21H,11-12H2,1-2H3,(H,22,23). The lowest BCUT2D eigenvalue weighted by atomic mass is 10.1. The van der Waals surface area contributed by atoms with Crippen molar-refractivity contribution in [1.29, 1.82) is 5.26 Å². The first kappa shape index (κ1) is 21.1. The number of nitrogens with zero attached hydrogens (tertiary/aromatic N) is 1. The van der Waals surface area contributed by atoms with E-state index >= 15 is 0 Å². The Labute approximate surface area is 163 Å². The Bertz CT molecular complexity index is 1020. The molecule has 0 unspecified atom stereocenters. The predicted molar refractivity (Wildman–Crippen MR) is 102 cm³/mol. The first-order valence-electron chi connectivity index (χ1n) is 8.25. The van der Waals surface area contributed by atoms with Crippen LogP contribution in [0.3, 0.4) is 0 Å². The Kier molecular flexibility index (Phi) is 6.87. The Morgan fingerprint density at radius 1 is 1.07 bits per heavy atom. The highest BCUT2D eigenvalue weighted by Gasteiger charge is 2.20. The van der Waals surface area contributed by atoms with Gasteiger partial charge in [-0.05, 0) is 37.1 Å². The lowest BCUT2D eigenvalue weighted by molar-refractivity contribution is -0.146. The van der Waals surface area contributed by atoms with Gasteiger partial charge in [-0.3, -0.25) is 9.59 Å². The molecule has 0 saturated heterocycles. The number of para-hydroxylation sites is 1. The maximum Gasteiger partial charge on any atom is 0.321 e. The van der Waals surface area contributed by atoms with Crippen molar-refractivity contribution >= 4 is 27.6 Å². The van der Waals surface area contributed by atoms with Gasteiger partial charge in [0.15, 0.2) is 6.61 Å². The van der Waals surface area contributed by atoms with Crippen molar-refractivity contribution in [2.24, 2.45) is 0 Å². The van der Waals surface area contributed by atoms with Crippen molar-refractivity contribution in [2.75, 3.05) is 18.5 Å². The van der Waals surface area contributed by atoms with E-state index in [1.54, 1.807) is 6.07 Å². The fourth-order valence-corrected chi connectivity index (χ4v) is 3.53. The lowest BCUT2D eigenvalue weighted by Gasteiger charge is -2.12. The highest BCUT2D eigenvalue weighted by molar-refractivity contribution is 7.89. The maximum absolute atomic E-state index is 12.2. The van der Waals surface area contributed by atoms with E-state index in [1.165, 1.54) is 24.3 Å². The highest BCUT2D eigenvalue weighted by atomic mass is 32.2. The molecule has 0 radical (unpaired) electrons. The number of esters is 1. The van der Waals surface area contributed by atoms with E-state index in [9.17, 15) is 18.0 Å². The number of carbonyl (C=O) groups is 2. The number of anilines is 1. The normalized spacial score (nSPS) is 10.8. The molecule has 9 heteroatoms. The van der Waals surface area contributed by atoms with Crippen molar-refractivity contribution in [3.8, 4) is 6.07 Å². The number of hydrogen-bond acceptors (Lipinski definition) is 6. The molecule has 146 valence electrons. The van der Waals surface area contributed by atoms with E-state index < -0.39 is 35.1 Å². The summed E-state index contributed by atoms with van der Waals surface area (Å²) >= 11 is 0. The van der Waals surface area contributed by atoms with Crippen LogP contribution >= 0.6 is 0 Å². The summed E-state index contributed by atoms with van der Waals surface area (Å²) in [6.07, 6.45) is 0. The number of rotatable bonds is 7. The third-order valence-electron chi connectivity index (χ3n) is 3.81. The molecule has 0 spiro atoms. The Hall–Kier alpha value is -3.22. The number of aryl methyl sites for hydroxylation is 2. The highest BCUT2D eigenvalue weighted by Crippen LogP contribution is 2.19. The van der Waals surface area contributed by atoms with Crippen molar-refractivity contribution in [2.45, 2.75) is 18.7 Å². The molecule has 2 aromatic carbocycles. The third kappa shape index (κ3) is 5.39. The molecule has 0 aliphatic carbocycles. The number of sulfonamides is 1. The molecule has 0 aromatic heterocycles. The van der Waals surface area contributed by atoms with Gasteiger partial charge in [0.2, 0.25) is 10.0 Å². The molecule has 2 N–H and O–H groups in total. The quantitative estimate of drug-likeness (QED) is 0.680. The molecule has 0 bridgehead atoms. The number of amides is 1. The summed E-state index contributed by atoms with van der Waals surface area (Å²) in [4.78, 5) is 23.5. The molecule has 0 fully saturated rings. The average Bonchev–Trinajstić information content (AvgIpc) is 2.67. The van der Waals surface area contributed by atoms with Crippen molar-refractivity contribution < 1.29 is 22.7 Å². The zero-order valence-corrected chi connectivity index (χ0v) is 16.2. The Balaban J connectivity index is 1.89. The first-order valence-corrected chi connectivity index (χ1v) is 9.73. The summed E-state index contributed by atoms with van der Waals surface area (Å²) in [6.45, 7) is 2.45.